The zero-order valence-corrected chi connectivity index (χ0v) is 25.2. The molecule has 6 heterocycles. The lowest BCUT2D eigenvalue weighted by molar-refractivity contribution is -0.139. The quantitative estimate of drug-likeness (QED) is 0.270. The van der Waals surface area contributed by atoms with Crippen LogP contribution in [0.5, 0.6) is 0 Å². The van der Waals surface area contributed by atoms with Gasteiger partial charge in [-0.1, -0.05) is 11.2 Å². The van der Waals surface area contributed by atoms with E-state index in [0.717, 1.165) is 35.8 Å². The number of hydrogen-bond donors (Lipinski definition) is 2. The number of fused-ring (bicyclic) bond motifs is 3. The number of halogens is 4. The predicted molar refractivity (Wildman–Crippen MR) is 159 cm³/mol. The minimum Gasteiger partial charge on any atom is -0.379 e. The van der Waals surface area contributed by atoms with Gasteiger partial charge in [-0.3, -0.25) is 4.79 Å². The van der Waals surface area contributed by atoms with Gasteiger partial charge in [0.2, 0.25) is 11.7 Å². The molecule has 3 saturated heterocycles. The maximum absolute atomic E-state index is 14.8. The molecule has 2 N–H and O–H groups in total. The molecule has 11 nitrogen and oxygen atoms in total. The molecular weight excluding hydrogens is 616 g/mol. The number of benzene rings is 1. The molecule has 4 atom stereocenters. The van der Waals surface area contributed by atoms with Crippen LogP contribution in [0, 0.1) is 5.92 Å². The Bertz CT molecular complexity index is 1680. The van der Waals surface area contributed by atoms with Crippen LogP contribution in [-0.2, 0) is 17.8 Å². The lowest BCUT2D eigenvalue weighted by atomic mass is 10.0. The zero-order valence-electron chi connectivity index (χ0n) is 24.4. The third-order valence-electron chi connectivity index (χ3n) is 8.53. The summed E-state index contributed by atoms with van der Waals surface area (Å²) in [5.74, 6) is -0.00928. The molecule has 45 heavy (non-hydrogen) atoms. The number of rotatable bonds is 8. The summed E-state index contributed by atoms with van der Waals surface area (Å²) in [7, 11) is 1.85. The molecule has 1 aromatic carbocycles. The molecule has 240 valence electrons. The molecule has 3 fully saturated rings. The Labute approximate surface area is 259 Å². The Morgan fingerprint density at radius 3 is 2.87 bits per heavy atom. The van der Waals surface area contributed by atoms with Gasteiger partial charge in [0.25, 0.3) is 5.91 Å². The van der Waals surface area contributed by atoms with Gasteiger partial charge in [-0.15, -0.1) is 11.3 Å². The lowest BCUT2D eigenvalue weighted by Crippen LogP contribution is -2.46. The third-order valence-corrected chi connectivity index (χ3v) is 9.43. The molecule has 3 aliphatic heterocycles. The van der Waals surface area contributed by atoms with Gasteiger partial charge in [-0.05, 0) is 38.1 Å². The largest absolute Gasteiger partial charge is 0.406 e. The normalized spacial score (nSPS) is 24.0. The predicted octanol–water partition coefficient (Wildman–Crippen LogP) is 4.32. The number of ether oxygens (including phenoxy) is 1. The van der Waals surface area contributed by atoms with Crippen LogP contribution in [0.4, 0.5) is 28.4 Å². The summed E-state index contributed by atoms with van der Waals surface area (Å²) in [6.07, 6.45) is -3.86. The van der Waals surface area contributed by atoms with E-state index in [4.69, 9.17) is 9.26 Å². The number of nitrogens with zero attached hydrogens (tertiary/aromatic N) is 6. The van der Waals surface area contributed by atoms with Gasteiger partial charge >= 0.3 is 6.18 Å². The number of hydrogen-bond acceptors (Lipinski definition) is 10. The molecule has 0 aliphatic carbocycles. The first-order valence-electron chi connectivity index (χ1n) is 14.8. The first-order chi connectivity index (χ1) is 21.6. The second kappa shape index (κ2) is 11.9. The Kier molecular flexibility index (Phi) is 7.90. The van der Waals surface area contributed by atoms with E-state index in [1.54, 1.807) is 29.6 Å². The molecule has 3 aromatic heterocycles. The second-order valence-electron chi connectivity index (χ2n) is 12.0. The molecule has 7 rings (SSSR count). The summed E-state index contributed by atoms with van der Waals surface area (Å²) < 4.78 is 68.1. The highest BCUT2D eigenvalue weighted by molar-refractivity contribution is 7.13. The number of amides is 1. The first kappa shape index (κ1) is 29.9. The molecule has 3 aliphatic rings. The second-order valence-corrected chi connectivity index (χ2v) is 12.8. The molecule has 16 heteroatoms. The number of aromatic nitrogens is 4. The van der Waals surface area contributed by atoms with E-state index in [0.29, 0.717) is 35.5 Å². The zero-order chi connectivity index (χ0) is 31.3. The van der Waals surface area contributed by atoms with Crippen molar-refractivity contribution in [3.63, 3.8) is 0 Å². The van der Waals surface area contributed by atoms with Crippen molar-refractivity contribution in [1.82, 2.24) is 29.9 Å². The molecule has 0 radical (unpaired) electrons. The van der Waals surface area contributed by atoms with Crippen molar-refractivity contribution >= 4 is 39.0 Å². The van der Waals surface area contributed by atoms with E-state index in [2.05, 4.69) is 30.7 Å². The van der Waals surface area contributed by atoms with Crippen LogP contribution >= 0.6 is 11.3 Å². The van der Waals surface area contributed by atoms with Gasteiger partial charge in [0.15, 0.2) is 5.13 Å². The van der Waals surface area contributed by atoms with Gasteiger partial charge in [-0.25, -0.2) is 9.37 Å². The van der Waals surface area contributed by atoms with Crippen LogP contribution in [0.15, 0.2) is 34.2 Å². The van der Waals surface area contributed by atoms with Crippen LogP contribution in [0.3, 0.4) is 0 Å². The summed E-state index contributed by atoms with van der Waals surface area (Å²) in [6.45, 7) is 1.88. The van der Waals surface area contributed by atoms with Gasteiger partial charge < -0.3 is 34.3 Å². The van der Waals surface area contributed by atoms with Gasteiger partial charge in [-0.2, -0.15) is 18.2 Å². The van der Waals surface area contributed by atoms with Crippen molar-refractivity contribution in [1.29, 1.82) is 0 Å². The summed E-state index contributed by atoms with van der Waals surface area (Å²) in [5, 5.41) is 12.8. The molecule has 1 amide bonds. The minimum absolute atomic E-state index is 0.0207. The van der Waals surface area contributed by atoms with Crippen LogP contribution < -0.4 is 15.5 Å². The van der Waals surface area contributed by atoms with Crippen LogP contribution in [0.25, 0.3) is 22.4 Å². The standard InChI is InChI=1S/C29H32F4N8O3S/c1-39-6-5-21(19(30)12-39)35-20-3-2-4-23-18(20)8-24(41(23)15-29(31,32)33)26-37-25(44-38-26)9-34-27(42)22-14-45-28(36-22)40-10-16-7-17(11-40)43-13-16/h2-4,8,14,16-17,19,21,35H,5-7,9-13,15H2,1H3,(H,34,42)/t16?,17?,19-,21+/m0/s1. The van der Waals surface area contributed by atoms with Crippen LogP contribution in [0.1, 0.15) is 29.2 Å². The number of nitrogens with one attached hydrogen (secondary N) is 2. The molecular formula is C29H32F4N8O3S. The maximum Gasteiger partial charge on any atom is 0.406 e. The summed E-state index contributed by atoms with van der Waals surface area (Å²) in [4.78, 5) is 25.7. The highest BCUT2D eigenvalue weighted by Crippen LogP contribution is 2.35. The number of alkyl halides is 4. The fourth-order valence-electron chi connectivity index (χ4n) is 6.38. The Morgan fingerprint density at radius 1 is 1.20 bits per heavy atom. The molecule has 0 saturated carbocycles. The van der Waals surface area contributed by atoms with E-state index in [-0.39, 0.29) is 42.3 Å². The van der Waals surface area contributed by atoms with Gasteiger partial charge in [0.05, 0.1) is 36.5 Å². The van der Waals surface area contributed by atoms with Crippen molar-refractivity contribution in [2.45, 2.75) is 50.4 Å². The average Bonchev–Trinajstić information content (AvgIpc) is 3.80. The van der Waals surface area contributed by atoms with Gasteiger partial charge in [0, 0.05) is 48.6 Å². The Hall–Kier alpha value is -3.76. The van der Waals surface area contributed by atoms with E-state index in [1.165, 1.54) is 11.3 Å². The SMILES string of the molecule is CN1CC[C@@H](Nc2cccc3c2cc(-c2noc(CNC(=O)c4csc(N5CC6COC(C6)C5)n4)n2)n3CC(F)(F)F)[C@@H](F)C1. The van der Waals surface area contributed by atoms with E-state index >= 15 is 0 Å². The minimum atomic E-state index is -4.53. The van der Waals surface area contributed by atoms with Crippen LogP contribution in [0.2, 0.25) is 0 Å². The maximum atomic E-state index is 14.8. The molecule has 2 unspecified atom stereocenters. The summed E-state index contributed by atoms with van der Waals surface area (Å²) in [5.41, 5.74) is 1.15. The smallest absolute Gasteiger partial charge is 0.379 e. The number of thiazole rings is 1. The van der Waals surface area contributed by atoms with Crippen LogP contribution in [-0.4, -0.2) is 94.8 Å². The van der Waals surface area contributed by atoms with Crippen molar-refractivity contribution in [3.05, 3.63) is 41.2 Å². The third kappa shape index (κ3) is 6.35. The number of carbonyl (C=O) groups is 1. The highest BCUT2D eigenvalue weighted by Gasteiger charge is 2.35. The van der Waals surface area contributed by atoms with Crippen molar-refractivity contribution < 1.29 is 31.6 Å². The number of piperidine rings is 2. The monoisotopic (exact) mass is 648 g/mol. The summed E-state index contributed by atoms with van der Waals surface area (Å²) in [6, 6.07) is 6.00. The van der Waals surface area contributed by atoms with E-state index in [1.807, 2.05) is 11.9 Å². The molecule has 0 spiro atoms. The fourth-order valence-corrected chi connectivity index (χ4v) is 7.20. The number of likely N-dealkylation sites (tertiary alicyclic amines) is 1. The van der Waals surface area contributed by atoms with E-state index < -0.39 is 30.8 Å². The Balaban J connectivity index is 1.08. The first-order valence-corrected chi connectivity index (χ1v) is 15.7. The fraction of sp³-hybridized carbons (Fsp3) is 0.517. The molecule has 2 bridgehead atoms. The van der Waals surface area contributed by atoms with Crippen molar-refractivity contribution in [2.75, 3.05) is 50.1 Å². The molecule has 4 aromatic rings. The highest BCUT2D eigenvalue weighted by atomic mass is 32.1. The van der Waals surface area contributed by atoms with Crippen molar-refractivity contribution in [2.24, 2.45) is 5.92 Å². The number of anilines is 2. The topological polar surface area (TPSA) is 114 Å². The summed E-state index contributed by atoms with van der Waals surface area (Å²) >= 11 is 1.38. The Morgan fingerprint density at radius 2 is 2.07 bits per heavy atom. The lowest BCUT2D eigenvalue weighted by Gasteiger charge is -2.33. The average molecular weight is 649 g/mol. The van der Waals surface area contributed by atoms with E-state index in [9.17, 15) is 22.4 Å². The van der Waals surface area contributed by atoms with Gasteiger partial charge in [0.1, 0.15) is 18.4 Å². The number of carbonyl (C=O) groups excluding carboxylic acids is 1. The van der Waals surface area contributed by atoms with Crippen molar-refractivity contribution in [3.8, 4) is 11.5 Å².